The van der Waals surface area contributed by atoms with E-state index in [0.29, 0.717) is 0 Å². The smallest absolute Gasteiger partial charge is 0.343 e. The van der Waals surface area contributed by atoms with Gasteiger partial charge in [-0.1, -0.05) is 174 Å². The predicted molar refractivity (Wildman–Crippen MR) is 136 cm³/mol. The van der Waals surface area contributed by atoms with Gasteiger partial charge < -0.3 is 6.92 Å². The minimum atomic E-state index is 0. The molecule has 0 heterocycles. The molecule has 176 valence electrons. The van der Waals surface area contributed by atoms with Gasteiger partial charge in [0.15, 0.2) is 0 Å². The fourth-order valence-electron chi connectivity index (χ4n) is 4.49. The minimum absolute atomic E-state index is 0. The molecule has 1 heteroatoms. The molecular weight excluding hydrogens is 371 g/mol. The van der Waals surface area contributed by atoms with Crippen LogP contribution in [0.4, 0.5) is 0 Å². The van der Waals surface area contributed by atoms with E-state index in [2.05, 4.69) is 13.8 Å². The molecule has 0 nitrogen and oxygen atoms in total. The van der Waals surface area contributed by atoms with Crippen molar-refractivity contribution in [1.82, 2.24) is 0 Å². The summed E-state index contributed by atoms with van der Waals surface area (Å²) in [5.41, 5.74) is 0. The average Bonchev–Trinajstić information content (AvgIpc) is 2.74. The quantitative estimate of drug-likeness (QED) is 0.0734. The summed E-state index contributed by atoms with van der Waals surface area (Å²) in [5.74, 6) is 0. The van der Waals surface area contributed by atoms with Crippen LogP contribution in [-0.4, -0.2) is 0 Å². The van der Waals surface area contributed by atoms with Gasteiger partial charge in [-0.05, 0) is 0 Å². The van der Waals surface area contributed by atoms with Crippen LogP contribution in [0.5, 0.6) is 0 Å². The first-order valence-corrected chi connectivity index (χ1v) is 14.2. The summed E-state index contributed by atoms with van der Waals surface area (Å²) >= 11 is 0. The van der Waals surface area contributed by atoms with Crippen molar-refractivity contribution in [3.05, 3.63) is 6.92 Å². The molecule has 0 bridgehead atoms. The Kier molecular flexibility index (Phi) is 35.6. The standard InChI is InChI=1S/C29H59.Na/c1-3-5-7-9-11-13-15-17-19-21-23-25-27-29-28-26-24-22-20-18-16-14-12-10-8-6-4-2;/h1,3-29H2,2H3;/q-1;+1. The molecule has 0 saturated carbocycles. The first-order chi connectivity index (χ1) is 14.4. The molecule has 0 aliphatic rings. The van der Waals surface area contributed by atoms with Crippen LogP contribution in [0.15, 0.2) is 0 Å². The average molecular weight is 431 g/mol. The Hall–Kier alpha value is 1.00. The first-order valence-electron chi connectivity index (χ1n) is 14.2. The minimum Gasteiger partial charge on any atom is -0.343 e. The van der Waals surface area contributed by atoms with E-state index in [4.69, 9.17) is 0 Å². The zero-order valence-electron chi connectivity index (χ0n) is 21.8. The van der Waals surface area contributed by atoms with Gasteiger partial charge in [0.05, 0.1) is 0 Å². The van der Waals surface area contributed by atoms with Crippen molar-refractivity contribution in [1.29, 1.82) is 0 Å². The van der Waals surface area contributed by atoms with Crippen molar-refractivity contribution in [2.75, 3.05) is 0 Å². The SMILES string of the molecule is [CH2-]CCCCCCCCCCCCCCCCCCCCCCCCCCCC.[Na+]. The summed E-state index contributed by atoms with van der Waals surface area (Å²) < 4.78 is 0. The van der Waals surface area contributed by atoms with E-state index in [9.17, 15) is 0 Å². The number of unbranched alkanes of at least 4 members (excludes halogenated alkanes) is 26. The van der Waals surface area contributed by atoms with Crippen molar-refractivity contribution in [3.63, 3.8) is 0 Å². The second-order valence-electron chi connectivity index (χ2n) is 9.69. The van der Waals surface area contributed by atoms with Crippen LogP contribution in [0.1, 0.15) is 180 Å². The summed E-state index contributed by atoms with van der Waals surface area (Å²) in [6.07, 6.45) is 39.3. The molecule has 0 aromatic heterocycles. The summed E-state index contributed by atoms with van der Waals surface area (Å²) in [7, 11) is 0. The van der Waals surface area contributed by atoms with E-state index in [1.165, 1.54) is 167 Å². The summed E-state index contributed by atoms with van der Waals surface area (Å²) in [6, 6.07) is 0. The molecule has 0 atom stereocenters. The zero-order chi connectivity index (χ0) is 21.1. The maximum absolute atomic E-state index is 3.92. The summed E-state index contributed by atoms with van der Waals surface area (Å²) in [5, 5.41) is 0. The van der Waals surface area contributed by atoms with Crippen LogP contribution in [0.25, 0.3) is 0 Å². The Morgan fingerprint density at radius 3 is 0.633 bits per heavy atom. The van der Waals surface area contributed by atoms with Gasteiger partial charge in [0.25, 0.3) is 0 Å². The van der Waals surface area contributed by atoms with Gasteiger partial charge in [-0.2, -0.15) is 6.42 Å². The second kappa shape index (κ2) is 32.2. The Labute approximate surface area is 215 Å². The molecule has 0 amide bonds. The third-order valence-electron chi connectivity index (χ3n) is 6.60. The van der Waals surface area contributed by atoms with Crippen molar-refractivity contribution in [3.8, 4) is 0 Å². The largest absolute Gasteiger partial charge is 1.00 e. The van der Waals surface area contributed by atoms with E-state index in [1.54, 1.807) is 0 Å². The van der Waals surface area contributed by atoms with Crippen molar-refractivity contribution < 1.29 is 29.6 Å². The molecule has 0 aromatic carbocycles. The van der Waals surface area contributed by atoms with E-state index < -0.39 is 0 Å². The molecule has 0 fully saturated rings. The van der Waals surface area contributed by atoms with Gasteiger partial charge in [0, 0.05) is 0 Å². The predicted octanol–water partition coefficient (Wildman–Crippen LogP) is 8.38. The van der Waals surface area contributed by atoms with Gasteiger partial charge in [0.2, 0.25) is 0 Å². The van der Waals surface area contributed by atoms with Gasteiger partial charge >= 0.3 is 29.6 Å². The van der Waals surface area contributed by atoms with E-state index in [0.717, 1.165) is 6.42 Å². The summed E-state index contributed by atoms with van der Waals surface area (Å²) in [6.45, 7) is 6.22. The monoisotopic (exact) mass is 430 g/mol. The zero-order valence-corrected chi connectivity index (χ0v) is 23.8. The Morgan fingerprint density at radius 2 is 0.467 bits per heavy atom. The number of rotatable bonds is 26. The Balaban J connectivity index is 0. The maximum atomic E-state index is 3.92. The van der Waals surface area contributed by atoms with Crippen molar-refractivity contribution >= 4 is 0 Å². The van der Waals surface area contributed by atoms with Crippen LogP contribution in [-0.2, 0) is 0 Å². The molecule has 0 unspecified atom stereocenters. The molecule has 0 rings (SSSR count). The second-order valence-corrected chi connectivity index (χ2v) is 9.69. The molecular formula is C29H59Na. The van der Waals surface area contributed by atoms with E-state index in [-0.39, 0.29) is 29.6 Å². The number of hydrogen-bond donors (Lipinski definition) is 0. The maximum Gasteiger partial charge on any atom is 1.00 e. The van der Waals surface area contributed by atoms with Crippen molar-refractivity contribution in [2.45, 2.75) is 180 Å². The topological polar surface area (TPSA) is 0 Å². The van der Waals surface area contributed by atoms with Crippen LogP contribution in [0, 0.1) is 6.92 Å². The van der Waals surface area contributed by atoms with Crippen LogP contribution < -0.4 is 29.6 Å². The fraction of sp³-hybridized carbons (Fsp3) is 0.966. The van der Waals surface area contributed by atoms with E-state index >= 15 is 0 Å². The normalized spacial score (nSPS) is 11.0. The van der Waals surface area contributed by atoms with Crippen LogP contribution >= 0.6 is 0 Å². The first kappa shape index (κ1) is 33.2. The molecule has 0 aliphatic heterocycles. The van der Waals surface area contributed by atoms with Gasteiger partial charge in [0.1, 0.15) is 0 Å². The molecule has 0 spiro atoms. The molecule has 30 heavy (non-hydrogen) atoms. The molecule has 0 N–H and O–H groups in total. The third-order valence-corrected chi connectivity index (χ3v) is 6.60. The van der Waals surface area contributed by atoms with Crippen molar-refractivity contribution in [2.24, 2.45) is 0 Å². The van der Waals surface area contributed by atoms with Gasteiger partial charge in [-0.25, -0.2) is 0 Å². The molecule has 0 saturated heterocycles. The van der Waals surface area contributed by atoms with Crippen LogP contribution in [0.2, 0.25) is 0 Å². The van der Waals surface area contributed by atoms with Crippen LogP contribution in [0.3, 0.4) is 0 Å². The Bertz CT molecular complexity index is 237. The van der Waals surface area contributed by atoms with Gasteiger partial charge in [-0.15, -0.1) is 0 Å². The third kappa shape index (κ3) is 31.2. The van der Waals surface area contributed by atoms with E-state index in [1.807, 2.05) is 0 Å². The fourth-order valence-corrected chi connectivity index (χ4v) is 4.49. The molecule has 0 aromatic rings. The Morgan fingerprint density at radius 1 is 0.300 bits per heavy atom. The number of hydrogen-bond acceptors (Lipinski definition) is 0. The summed E-state index contributed by atoms with van der Waals surface area (Å²) in [4.78, 5) is 0. The van der Waals surface area contributed by atoms with Gasteiger partial charge in [-0.3, -0.25) is 0 Å². The molecule has 0 radical (unpaired) electrons. The molecule has 0 aliphatic carbocycles.